The molecule has 1 aliphatic carbocycles. The fraction of sp³-hybridized carbons (Fsp3) is 0.318. The van der Waals surface area contributed by atoms with E-state index in [4.69, 9.17) is 5.14 Å². The number of aromatic nitrogens is 4. The van der Waals surface area contributed by atoms with Gasteiger partial charge in [-0.2, -0.15) is 13.5 Å². The van der Waals surface area contributed by atoms with Gasteiger partial charge in [0.25, 0.3) is 0 Å². The summed E-state index contributed by atoms with van der Waals surface area (Å²) >= 11 is 0. The number of benzene rings is 1. The first kappa shape index (κ1) is 27.2. The highest BCUT2D eigenvalue weighted by Gasteiger charge is 2.34. The molecule has 16 heteroatoms. The van der Waals surface area contributed by atoms with Crippen molar-refractivity contribution in [2.24, 2.45) is 11.1 Å². The minimum absolute atomic E-state index is 0.0347. The first-order valence-electron chi connectivity index (χ1n) is 11.1. The fourth-order valence-corrected chi connectivity index (χ4v) is 4.31. The molecule has 0 aliphatic heterocycles. The zero-order valence-corrected chi connectivity index (χ0v) is 20.3. The number of nitrogens with one attached hydrogen (secondary N) is 1. The predicted octanol–water partition coefficient (Wildman–Crippen LogP) is 1.83. The number of Topliss-reactive ketones (excluding diaryl/α,β-unsaturated/α-hetero) is 1. The van der Waals surface area contributed by atoms with Gasteiger partial charge in [0.2, 0.25) is 5.78 Å². The van der Waals surface area contributed by atoms with Gasteiger partial charge in [0.1, 0.15) is 29.4 Å². The number of nitrogens with zero attached hydrogens (tertiary/aromatic N) is 4. The lowest BCUT2D eigenvalue weighted by atomic mass is 10.1. The minimum atomic E-state index is -4.82. The van der Waals surface area contributed by atoms with Crippen LogP contribution in [-0.4, -0.2) is 58.7 Å². The van der Waals surface area contributed by atoms with Crippen molar-refractivity contribution in [2.45, 2.75) is 31.8 Å². The second-order valence-corrected chi connectivity index (χ2v) is 9.65. The van der Waals surface area contributed by atoms with E-state index in [2.05, 4.69) is 29.3 Å². The van der Waals surface area contributed by atoms with Crippen LogP contribution in [0.25, 0.3) is 0 Å². The summed E-state index contributed by atoms with van der Waals surface area (Å²) in [7, 11) is -4.19. The lowest BCUT2D eigenvalue weighted by Crippen LogP contribution is -2.23. The Kier molecular flexibility index (Phi) is 7.75. The van der Waals surface area contributed by atoms with Crippen LogP contribution in [0.5, 0.6) is 5.75 Å². The number of carbonyl (C=O) groups excluding carboxylic acids is 2. The number of ether oxygens (including phenoxy) is 1. The summed E-state index contributed by atoms with van der Waals surface area (Å²) in [6, 6.07) is 6.38. The summed E-state index contributed by atoms with van der Waals surface area (Å²) in [5.74, 6) is -1.67. The first-order valence-corrected chi connectivity index (χ1v) is 12.5. The Labute approximate surface area is 214 Å². The standard InChI is InChI=1S/C22H21F3N6O6S/c23-22(24,25)37-16-3-1-2-13(6-16)10-31-5-4-18(30-31)20(33)17-9-27-12-28-21(17)29-15-7-14(19(32)8-15)11-36-38(26,34)35/h1-6,9,12,14-15H,7-8,10-11H2,(H2,26,34,35)(H,27,28,29)/t14-,15-/m1/s1. The zero-order chi connectivity index (χ0) is 27.5. The van der Waals surface area contributed by atoms with Crippen molar-refractivity contribution >= 4 is 27.7 Å². The van der Waals surface area contributed by atoms with Crippen molar-refractivity contribution in [2.75, 3.05) is 11.9 Å². The maximum absolute atomic E-state index is 13.2. The molecular weight excluding hydrogens is 533 g/mol. The topological polar surface area (TPSA) is 168 Å². The van der Waals surface area contributed by atoms with Crippen LogP contribution < -0.4 is 15.2 Å². The molecule has 2 aromatic heterocycles. The third-order valence-corrected chi connectivity index (χ3v) is 6.02. The molecule has 0 radical (unpaired) electrons. The summed E-state index contributed by atoms with van der Waals surface area (Å²) in [5.41, 5.74) is 0.577. The van der Waals surface area contributed by atoms with Gasteiger partial charge >= 0.3 is 16.7 Å². The van der Waals surface area contributed by atoms with Crippen molar-refractivity contribution in [1.29, 1.82) is 0 Å². The molecule has 0 unspecified atom stereocenters. The molecule has 0 saturated heterocycles. The number of hydrogen-bond acceptors (Lipinski definition) is 10. The van der Waals surface area contributed by atoms with Crippen LogP contribution in [0, 0.1) is 5.92 Å². The molecule has 0 bridgehead atoms. The number of halogens is 3. The maximum Gasteiger partial charge on any atom is 0.573 e. The molecule has 2 atom stereocenters. The maximum atomic E-state index is 13.2. The minimum Gasteiger partial charge on any atom is -0.406 e. The van der Waals surface area contributed by atoms with Crippen molar-refractivity contribution < 1.29 is 40.1 Å². The average Bonchev–Trinajstić information content (AvgIpc) is 3.42. The number of carbonyl (C=O) groups is 2. The van der Waals surface area contributed by atoms with Crippen LogP contribution in [0.2, 0.25) is 0 Å². The predicted molar refractivity (Wildman–Crippen MR) is 124 cm³/mol. The first-order chi connectivity index (χ1) is 17.9. The van der Waals surface area contributed by atoms with E-state index in [0.29, 0.717) is 5.56 Å². The van der Waals surface area contributed by atoms with Crippen LogP contribution >= 0.6 is 0 Å². The van der Waals surface area contributed by atoms with Gasteiger partial charge in [-0.3, -0.25) is 18.5 Å². The Hall–Kier alpha value is -3.89. The van der Waals surface area contributed by atoms with Crippen molar-refractivity contribution in [1.82, 2.24) is 19.7 Å². The summed E-state index contributed by atoms with van der Waals surface area (Å²) < 4.78 is 69.3. The van der Waals surface area contributed by atoms with Crippen LogP contribution in [0.15, 0.2) is 49.1 Å². The summed E-state index contributed by atoms with van der Waals surface area (Å²) in [6.07, 6.45) is -0.537. The van der Waals surface area contributed by atoms with Gasteiger partial charge in [-0.15, -0.1) is 13.2 Å². The van der Waals surface area contributed by atoms with Crippen LogP contribution in [-0.2, 0) is 25.8 Å². The molecule has 12 nitrogen and oxygen atoms in total. The third kappa shape index (κ3) is 7.33. The Morgan fingerprint density at radius 2 is 2.05 bits per heavy atom. The number of rotatable bonds is 10. The summed E-state index contributed by atoms with van der Waals surface area (Å²) in [5, 5.41) is 12.0. The molecule has 1 saturated carbocycles. The third-order valence-electron chi connectivity index (χ3n) is 5.55. The molecule has 3 aromatic rings. The molecule has 3 N–H and O–H groups in total. The van der Waals surface area contributed by atoms with Crippen LogP contribution in [0.1, 0.15) is 34.5 Å². The highest BCUT2D eigenvalue weighted by molar-refractivity contribution is 7.84. The Balaban J connectivity index is 1.43. The quantitative estimate of drug-likeness (QED) is 0.353. The summed E-state index contributed by atoms with van der Waals surface area (Å²) in [4.78, 5) is 33.4. The smallest absolute Gasteiger partial charge is 0.406 e. The highest BCUT2D eigenvalue weighted by Crippen LogP contribution is 2.27. The van der Waals surface area contributed by atoms with E-state index in [0.717, 1.165) is 0 Å². The number of nitrogens with two attached hydrogens (primary N) is 1. The Morgan fingerprint density at radius 1 is 1.26 bits per heavy atom. The van der Waals surface area contributed by atoms with Crippen molar-refractivity contribution in [3.8, 4) is 5.75 Å². The number of alkyl halides is 3. The highest BCUT2D eigenvalue weighted by atomic mass is 32.2. The lowest BCUT2D eigenvalue weighted by Gasteiger charge is -2.15. The van der Waals surface area contributed by atoms with Gasteiger partial charge < -0.3 is 10.1 Å². The molecule has 1 fully saturated rings. The second kappa shape index (κ2) is 10.8. The Bertz CT molecular complexity index is 1450. The van der Waals surface area contributed by atoms with E-state index in [1.54, 1.807) is 6.07 Å². The molecule has 202 valence electrons. The second-order valence-electron chi connectivity index (χ2n) is 8.43. The van der Waals surface area contributed by atoms with E-state index >= 15 is 0 Å². The normalized spacial score (nSPS) is 17.9. The largest absolute Gasteiger partial charge is 0.573 e. The molecule has 4 rings (SSSR count). The van der Waals surface area contributed by atoms with Gasteiger partial charge in [0.05, 0.1) is 18.7 Å². The monoisotopic (exact) mass is 554 g/mol. The number of anilines is 1. The molecular formula is C22H21F3N6O6S. The van der Waals surface area contributed by atoms with Crippen molar-refractivity contribution in [3.05, 3.63) is 65.9 Å². The van der Waals surface area contributed by atoms with Gasteiger partial charge in [0, 0.05) is 30.8 Å². The fourth-order valence-electron chi connectivity index (χ4n) is 3.96. The van der Waals surface area contributed by atoms with E-state index in [1.165, 1.54) is 47.7 Å². The van der Waals surface area contributed by atoms with E-state index in [9.17, 15) is 31.2 Å². The van der Waals surface area contributed by atoms with Gasteiger partial charge in [-0.05, 0) is 30.2 Å². The lowest BCUT2D eigenvalue weighted by molar-refractivity contribution is -0.274. The number of ketones is 2. The molecule has 1 aromatic carbocycles. The van der Waals surface area contributed by atoms with Crippen molar-refractivity contribution in [3.63, 3.8) is 0 Å². The van der Waals surface area contributed by atoms with Crippen LogP contribution in [0.3, 0.4) is 0 Å². The summed E-state index contributed by atoms with van der Waals surface area (Å²) in [6.45, 7) is -0.307. The van der Waals surface area contributed by atoms with Gasteiger partial charge in [-0.1, -0.05) is 12.1 Å². The van der Waals surface area contributed by atoms with E-state index in [-0.39, 0.29) is 54.6 Å². The molecule has 0 spiro atoms. The van der Waals surface area contributed by atoms with E-state index in [1.807, 2.05) is 0 Å². The average molecular weight is 555 g/mol. The SMILES string of the molecule is NS(=O)(=O)OC[C@H]1C[C@@H](Nc2ncncc2C(=O)c2ccn(Cc3cccc(OC(F)(F)F)c3)n2)CC1=O. The Morgan fingerprint density at radius 3 is 2.79 bits per heavy atom. The van der Waals surface area contributed by atoms with Gasteiger partial charge in [0.15, 0.2) is 0 Å². The van der Waals surface area contributed by atoms with Gasteiger partial charge in [-0.25, -0.2) is 15.1 Å². The van der Waals surface area contributed by atoms with Crippen LogP contribution in [0.4, 0.5) is 19.0 Å². The number of hydrogen-bond donors (Lipinski definition) is 2. The van der Waals surface area contributed by atoms with E-state index < -0.39 is 34.4 Å². The molecule has 2 heterocycles. The molecule has 0 amide bonds. The zero-order valence-electron chi connectivity index (χ0n) is 19.5. The molecule has 1 aliphatic rings. The molecule has 38 heavy (non-hydrogen) atoms.